The summed E-state index contributed by atoms with van der Waals surface area (Å²) in [4.78, 5) is 11.2. The standard InChI is InChI=1S/C8H12N2O2.C2H6/c1-4-12-8(11)7-5(2)6(3)9-10-7;1-2/h4H2,1-3H3,(H,9,10);1-2H3. The molecule has 0 unspecified atom stereocenters. The van der Waals surface area contributed by atoms with Crippen molar-refractivity contribution in [1.29, 1.82) is 0 Å². The molecule has 0 radical (unpaired) electrons. The minimum atomic E-state index is -0.362. The van der Waals surface area contributed by atoms with E-state index in [-0.39, 0.29) is 5.97 Å². The number of esters is 1. The van der Waals surface area contributed by atoms with Gasteiger partial charge >= 0.3 is 5.97 Å². The van der Waals surface area contributed by atoms with Crippen molar-refractivity contribution in [3.63, 3.8) is 0 Å². The van der Waals surface area contributed by atoms with Gasteiger partial charge in [-0.1, -0.05) is 13.8 Å². The molecule has 1 rings (SSSR count). The highest BCUT2D eigenvalue weighted by Crippen LogP contribution is 2.09. The maximum absolute atomic E-state index is 11.2. The smallest absolute Gasteiger partial charge is 0.359 e. The van der Waals surface area contributed by atoms with E-state index in [2.05, 4.69) is 10.2 Å². The molecule has 4 heteroatoms. The van der Waals surface area contributed by atoms with Gasteiger partial charge in [-0.2, -0.15) is 5.10 Å². The average molecular weight is 198 g/mol. The highest BCUT2D eigenvalue weighted by atomic mass is 16.5. The van der Waals surface area contributed by atoms with Crippen LogP contribution in [0.5, 0.6) is 0 Å². The number of nitrogens with one attached hydrogen (secondary N) is 1. The third kappa shape index (κ3) is 2.87. The zero-order valence-electron chi connectivity index (χ0n) is 9.47. The van der Waals surface area contributed by atoms with Crippen molar-refractivity contribution >= 4 is 5.97 Å². The SMILES string of the molecule is CC.CCOC(=O)c1n[nH]c(C)c1C. The van der Waals surface area contributed by atoms with Gasteiger partial charge in [-0.15, -0.1) is 0 Å². The summed E-state index contributed by atoms with van der Waals surface area (Å²) in [5.74, 6) is -0.362. The van der Waals surface area contributed by atoms with Crippen LogP contribution in [-0.4, -0.2) is 22.8 Å². The highest BCUT2D eigenvalue weighted by Gasteiger charge is 2.14. The molecular weight excluding hydrogens is 180 g/mol. The van der Waals surface area contributed by atoms with E-state index in [1.165, 1.54) is 0 Å². The lowest BCUT2D eigenvalue weighted by Crippen LogP contribution is -2.06. The number of aryl methyl sites for hydroxylation is 1. The zero-order valence-corrected chi connectivity index (χ0v) is 9.47. The molecule has 0 atom stereocenters. The van der Waals surface area contributed by atoms with Crippen LogP contribution >= 0.6 is 0 Å². The molecule has 0 saturated carbocycles. The van der Waals surface area contributed by atoms with Gasteiger partial charge in [-0.3, -0.25) is 5.10 Å². The van der Waals surface area contributed by atoms with E-state index >= 15 is 0 Å². The first-order chi connectivity index (χ1) is 6.66. The summed E-state index contributed by atoms with van der Waals surface area (Å²) in [6, 6.07) is 0. The average Bonchev–Trinajstić information content (AvgIpc) is 2.51. The molecule has 0 aliphatic rings. The fraction of sp³-hybridized carbons (Fsp3) is 0.600. The Hall–Kier alpha value is -1.32. The summed E-state index contributed by atoms with van der Waals surface area (Å²) in [7, 11) is 0. The number of hydrogen-bond donors (Lipinski definition) is 1. The Balaban J connectivity index is 0.000000791. The van der Waals surface area contributed by atoms with Crippen molar-refractivity contribution in [2.24, 2.45) is 0 Å². The first-order valence-corrected chi connectivity index (χ1v) is 4.85. The minimum absolute atomic E-state index is 0.362. The Kier molecular flexibility index (Phi) is 5.60. The number of carbonyl (C=O) groups excluding carboxylic acids is 1. The van der Waals surface area contributed by atoms with Gasteiger partial charge in [0.15, 0.2) is 5.69 Å². The van der Waals surface area contributed by atoms with E-state index in [0.29, 0.717) is 12.3 Å². The lowest BCUT2D eigenvalue weighted by molar-refractivity contribution is 0.0518. The van der Waals surface area contributed by atoms with Gasteiger partial charge < -0.3 is 4.74 Å². The highest BCUT2D eigenvalue weighted by molar-refractivity contribution is 5.88. The van der Waals surface area contributed by atoms with Crippen LogP contribution in [0, 0.1) is 13.8 Å². The van der Waals surface area contributed by atoms with E-state index in [1.807, 2.05) is 27.7 Å². The molecule has 4 nitrogen and oxygen atoms in total. The van der Waals surface area contributed by atoms with Crippen LogP contribution in [0.4, 0.5) is 0 Å². The Morgan fingerprint density at radius 2 is 2.00 bits per heavy atom. The van der Waals surface area contributed by atoms with Crippen LogP contribution in [0.3, 0.4) is 0 Å². The molecule has 0 aliphatic heterocycles. The third-order valence-corrected chi connectivity index (χ3v) is 1.72. The summed E-state index contributed by atoms with van der Waals surface area (Å²) in [6.45, 7) is 9.85. The quantitative estimate of drug-likeness (QED) is 0.741. The number of carbonyl (C=O) groups is 1. The number of nitrogens with zero attached hydrogens (tertiary/aromatic N) is 1. The molecule has 0 aliphatic carbocycles. The molecule has 0 amide bonds. The van der Waals surface area contributed by atoms with Crippen molar-refractivity contribution in [3.05, 3.63) is 17.0 Å². The van der Waals surface area contributed by atoms with Gasteiger partial charge in [-0.25, -0.2) is 4.79 Å². The Morgan fingerprint density at radius 1 is 1.43 bits per heavy atom. The fourth-order valence-corrected chi connectivity index (χ4v) is 0.883. The lowest BCUT2D eigenvalue weighted by atomic mass is 10.2. The molecule has 14 heavy (non-hydrogen) atoms. The number of ether oxygens (including phenoxy) is 1. The van der Waals surface area contributed by atoms with Crippen molar-refractivity contribution in [3.8, 4) is 0 Å². The van der Waals surface area contributed by atoms with Gasteiger partial charge in [0, 0.05) is 11.3 Å². The Labute approximate surface area is 84.7 Å². The van der Waals surface area contributed by atoms with E-state index < -0.39 is 0 Å². The second-order valence-corrected chi connectivity index (χ2v) is 2.54. The van der Waals surface area contributed by atoms with Crippen molar-refractivity contribution in [2.75, 3.05) is 6.61 Å². The van der Waals surface area contributed by atoms with E-state index in [1.54, 1.807) is 6.92 Å². The molecule has 1 aromatic rings. The van der Waals surface area contributed by atoms with Gasteiger partial charge in [0.2, 0.25) is 0 Å². The zero-order chi connectivity index (χ0) is 11.1. The van der Waals surface area contributed by atoms with Gasteiger partial charge in [0.05, 0.1) is 6.61 Å². The predicted octanol–water partition coefficient (Wildman–Crippen LogP) is 2.23. The second kappa shape index (κ2) is 6.18. The molecule has 1 aromatic heterocycles. The van der Waals surface area contributed by atoms with E-state index in [4.69, 9.17) is 4.74 Å². The molecule has 0 spiro atoms. The largest absolute Gasteiger partial charge is 0.461 e. The summed E-state index contributed by atoms with van der Waals surface area (Å²) in [5.41, 5.74) is 2.14. The number of aromatic amines is 1. The topological polar surface area (TPSA) is 55.0 Å². The molecule has 80 valence electrons. The predicted molar refractivity (Wildman–Crippen MR) is 55.4 cm³/mol. The summed E-state index contributed by atoms with van der Waals surface area (Å²) >= 11 is 0. The number of rotatable bonds is 2. The minimum Gasteiger partial charge on any atom is -0.461 e. The normalized spacial score (nSPS) is 8.93. The van der Waals surface area contributed by atoms with Crippen LogP contribution in [0.1, 0.15) is 42.5 Å². The fourth-order valence-electron chi connectivity index (χ4n) is 0.883. The van der Waals surface area contributed by atoms with Gasteiger partial charge in [0.25, 0.3) is 0 Å². The molecular formula is C10H18N2O2. The van der Waals surface area contributed by atoms with E-state index in [9.17, 15) is 4.79 Å². The summed E-state index contributed by atoms with van der Waals surface area (Å²) in [6.07, 6.45) is 0. The first kappa shape index (κ1) is 12.7. The lowest BCUT2D eigenvalue weighted by Gasteiger charge is -1.97. The monoisotopic (exact) mass is 198 g/mol. The number of H-pyrrole nitrogens is 1. The van der Waals surface area contributed by atoms with Gasteiger partial charge in [-0.05, 0) is 20.8 Å². The maximum atomic E-state index is 11.2. The van der Waals surface area contributed by atoms with Crippen LogP contribution in [0.25, 0.3) is 0 Å². The third-order valence-electron chi connectivity index (χ3n) is 1.72. The first-order valence-electron chi connectivity index (χ1n) is 4.85. The van der Waals surface area contributed by atoms with Crippen LogP contribution in [0.2, 0.25) is 0 Å². The maximum Gasteiger partial charge on any atom is 0.359 e. The molecule has 0 aromatic carbocycles. The number of hydrogen-bond acceptors (Lipinski definition) is 3. The van der Waals surface area contributed by atoms with Crippen LogP contribution in [0.15, 0.2) is 0 Å². The molecule has 1 heterocycles. The molecule has 0 saturated heterocycles. The van der Waals surface area contributed by atoms with Crippen LogP contribution < -0.4 is 0 Å². The molecule has 0 bridgehead atoms. The van der Waals surface area contributed by atoms with Crippen LogP contribution in [-0.2, 0) is 4.74 Å². The summed E-state index contributed by atoms with van der Waals surface area (Å²) in [5, 5.41) is 6.56. The molecule has 1 N–H and O–H groups in total. The van der Waals surface area contributed by atoms with Crippen molar-refractivity contribution < 1.29 is 9.53 Å². The van der Waals surface area contributed by atoms with Crippen molar-refractivity contribution in [1.82, 2.24) is 10.2 Å². The van der Waals surface area contributed by atoms with Crippen molar-refractivity contribution in [2.45, 2.75) is 34.6 Å². The van der Waals surface area contributed by atoms with E-state index in [0.717, 1.165) is 11.3 Å². The summed E-state index contributed by atoms with van der Waals surface area (Å²) < 4.78 is 4.80. The molecule has 0 fully saturated rings. The second-order valence-electron chi connectivity index (χ2n) is 2.54. The number of aromatic nitrogens is 2. The Morgan fingerprint density at radius 3 is 2.36 bits per heavy atom. The Bertz CT molecular complexity index is 292. The van der Waals surface area contributed by atoms with Gasteiger partial charge in [0.1, 0.15) is 0 Å².